The van der Waals surface area contributed by atoms with Gasteiger partial charge >= 0.3 is 0 Å². The Labute approximate surface area is 270 Å². The van der Waals surface area contributed by atoms with E-state index < -0.39 is 0 Å². The van der Waals surface area contributed by atoms with Gasteiger partial charge in [-0.15, -0.1) is 0 Å². The van der Waals surface area contributed by atoms with E-state index in [2.05, 4.69) is 166 Å². The second-order valence-corrected chi connectivity index (χ2v) is 13.8. The predicted octanol–water partition coefficient (Wildman–Crippen LogP) is 9.88. The number of rotatable bonds is 6. The molecule has 7 rings (SSSR count). The fourth-order valence-electron chi connectivity index (χ4n) is 9.08. The molecule has 3 aromatic rings. The molecule has 0 N–H and O–H groups in total. The van der Waals surface area contributed by atoms with Crippen LogP contribution in [0.1, 0.15) is 58.5 Å². The first-order valence-corrected chi connectivity index (χ1v) is 16.3. The fraction of sp³-hybridized carbons (Fsp3) is 0.238. The van der Waals surface area contributed by atoms with Crippen molar-refractivity contribution in [2.75, 3.05) is 9.80 Å². The van der Waals surface area contributed by atoms with E-state index in [0.29, 0.717) is 0 Å². The van der Waals surface area contributed by atoms with Gasteiger partial charge in [0.15, 0.2) is 0 Å². The average Bonchev–Trinajstić information content (AvgIpc) is 3.41. The summed E-state index contributed by atoms with van der Waals surface area (Å²) in [6, 6.07) is 27.4. The maximum absolute atomic E-state index is 4.69. The molecule has 224 valence electrons. The summed E-state index contributed by atoms with van der Waals surface area (Å²) in [6.07, 6.45) is 15.0. The Bertz CT molecular complexity index is 1880. The van der Waals surface area contributed by atoms with E-state index in [-0.39, 0.29) is 29.4 Å². The summed E-state index contributed by atoms with van der Waals surface area (Å²) in [5.41, 5.74) is 14.0. The van der Waals surface area contributed by atoms with Crippen molar-refractivity contribution in [1.82, 2.24) is 0 Å². The molecule has 2 aliphatic carbocycles. The van der Waals surface area contributed by atoms with Gasteiger partial charge in [-0.25, -0.2) is 0 Å². The normalized spacial score (nSPS) is 22.4. The smallest absolute Gasteiger partial charge is 0.227 e. The lowest BCUT2D eigenvalue weighted by Crippen LogP contribution is -2.61. The summed E-state index contributed by atoms with van der Waals surface area (Å²) in [7, 11) is 0. The number of nitrogens with zero attached hydrogens (tertiary/aromatic N) is 2. The molecular weight excluding hydrogens is 543 g/mol. The predicted molar refractivity (Wildman–Crippen MR) is 195 cm³/mol. The quantitative estimate of drug-likeness (QED) is 0.210. The van der Waals surface area contributed by atoms with E-state index in [1.54, 1.807) is 0 Å². The van der Waals surface area contributed by atoms with Crippen molar-refractivity contribution in [3.05, 3.63) is 168 Å². The summed E-state index contributed by atoms with van der Waals surface area (Å²) in [6.45, 7) is 23.1. The molecule has 0 aromatic heterocycles. The fourth-order valence-corrected chi connectivity index (χ4v) is 9.08. The highest BCUT2D eigenvalue weighted by molar-refractivity contribution is 6.86. The molecule has 0 fully saturated rings. The third kappa shape index (κ3) is 3.96. The highest BCUT2D eigenvalue weighted by Gasteiger charge is 2.61. The van der Waals surface area contributed by atoms with Crippen molar-refractivity contribution in [3.63, 3.8) is 0 Å². The van der Waals surface area contributed by atoms with Crippen LogP contribution in [0.15, 0.2) is 156 Å². The van der Waals surface area contributed by atoms with Gasteiger partial charge in [0, 0.05) is 45.3 Å². The van der Waals surface area contributed by atoms with Crippen LogP contribution in [0.3, 0.4) is 0 Å². The monoisotopic (exact) mass is 586 g/mol. The largest absolute Gasteiger partial charge is 0.338 e. The molecule has 0 bridgehead atoms. The molecule has 2 nitrogen and oxygen atoms in total. The van der Waals surface area contributed by atoms with Gasteiger partial charge in [-0.05, 0) is 83.2 Å². The molecule has 2 atom stereocenters. The van der Waals surface area contributed by atoms with E-state index in [9.17, 15) is 0 Å². The van der Waals surface area contributed by atoms with E-state index in [4.69, 9.17) is 6.58 Å². The molecule has 0 spiro atoms. The minimum absolute atomic E-state index is 0.0820. The Morgan fingerprint density at radius 3 is 2.27 bits per heavy atom. The molecule has 3 heteroatoms. The zero-order chi connectivity index (χ0) is 31.7. The van der Waals surface area contributed by atoms with Gasteiger partial charge < -0.3 is 9.80 Å². The number of para-hydroxylation sites is 1. The Morgan fingerprint density at radius 2 is 1.56 bits per heavy atom. The van der Waals surface area contributed by atoms with E-state index >= 15 is 0 Å². The first-order chi connectivity index (χ1) is 21.7. The van der Waals surface area contributed by atoms with Crippen molar-refractivity contribution in [2.45, 2.75) is 58.8 Å². The van der Waals surface area contributed by atoms with Gasteiger partial charge in [0.05, 0.1) is 0 Å². The number of hydrogen-bond acceptors (Lipinski definition) is 2. The third-order valence-electron chi connectivity index (χ3n) is 10.7. The molecular formula is C42H43BN2. The SMILES string of the molecule is C=CC1=C(/C=C\C)C2=C(N(C(=C)/C=C\C=C/C)c3cccc4c3B2C2c3ccccc3C(C)(C)C2N4c2ccccc2)C1(C)C. The molecule has 2 aliphatic heterocycles. The van der Waals surface area contributed by atoms with Crippen LogP contribution >= 0.6 is 0 Å². The molecule has 3 aromatic carbocycles. The van der Waals surface area contributed by atoms with E-state index in [1.807, 2.05) is 6.92 Å². The topological polar surface area (TPSA) is 6.48 Å². The van der Waals surface area contributed by atoms with Crippen molar-refractivity contribution >= 4 is 29.2 Å². The highest BCUT2D eigenvalue weighted by Crippen LogP contribution is 2.61. The van der Waals surface area contributed by atoms with Crippen LogP contribution in [0.4, 0.5) is 17.1 Å². The second-order valence-electron chi connectivity index (χ2n) is 13.8. The average molecular weight is 587 g/mol. The molecule has 4 aliphatic rings. The van der Waals surface area contributed by atoms with Crippen molar-refractivity contribution < 1.29 is 0 Å². The molecule has 0 saturated heterocycles. The van der Waals surface area contributed by atoms with Crippen LogP contribution in [0.5, 0.6) is 0 Å². The zero-order valence-electron chi connectivity index (χ0n) is 27.5. The summed E-state index contributed by atoms with van der Waals surface area (Å²) >= 11 is 0. The third-order valence-corrected chi connectivity index (χ3v) is 10.7. The number of benzene rings is 3. The molecule has 0 radical (unpaired) electrons. The van der Waals surface area contributed by atoms with E-state index in [0.717, 1.165) is 5.70 Å². The standard InChI is InChI=1S/C42H43BN2/c1-9-12-14-21-28(4)44-34-26-19-27-35-38(34)43(36-30(20-10-2)32(11-3)41(5,6)39(36)44)37-31-24-17-18-25-33(31)42(7,8)40(37)45(35)29-22-15-13-16-23-29/h9-27,37,40H,3-4H2,1-2,5-8H3/b12-9-,20-10-,21-14-. The van der Waals surface area contributed by atoms with Gasteiger partial charge in [0.1, 0.15) is 0 Å². The number of allylic oxidation sites excluding steroid dienone is 10. The highest BCUT2D eigenvalue weighted by atomic mass is 15.2. The zero-order valence-corrected chi connectivity index (χ0v) is 27.5. The summed E-state index contributed by atoms with van der Waals surface area (Å²) in [5.74, 6) is 0.254. The van der Waals surface area contributed by atoms with Crippen LogP contribution in [0, 0.1) is 5.41 Å². The van der Waals surface area contributed by atoms with Crippen LogP contribution in [-0.4, -0.2) is 12.8 Å². The number of anilines is 3. The van der Waals surface area contributed by atoms with Crippen molar-refractivity contribution in [2.24, 2.45) is 5.41 Å². The molecule has 2 unspecified atom stereocenters. The van der Waals surface area contributed by atoms with Gasteiger partial charge in [0.2, 0.25) is 6.71 Å². The van der Waals surface area contributed by atoms with Gasteiger partial charge in [0.25, 0.3) is 0 Å². The van der Waals surface area contributed by atoms with Crippen LogP contribution in [-0.2, 0) is 5.41 Å². The lowest BCUT2D eigenvalue weighted by Gasteiger charge is -2.52. The first kappa shape index (κ1) is 29.2. The molecule has 2 heterocycles. The summed E-state index contributed by atoms with van der Waals surface area (Å²) in [4.78, 5) is 5.12. The number of hydrogen-bond donors (Lipinski definition) is 0. The minimum Gasteiger partial charge on any atom is -0.338 e. The van der Waals surface area contributed by atoms with Gasteiger partial charge in [-0.2, -0.15) is 0 Å². The van der Waals surface area contributed by atoms with Crippen LogP contribution in [0.25, 0.3) is 0 Å². The molecule has 0 saturated carbocycles. The summed E-state index contributed by atoms with van der Waals surface area (Å²) < 4.78 is 0. The maximum atomic E-state index is 4.69. The van der Waals surface area contributed by atoms with Crippen LogP contribution < -0.4 is 15.3 Å². The Kier molecular flexibility index (Phi) is 6.85. The molecule has 45 heavy (non-hydrogen) atoms. The van der Waals surface area contributed by atoms with Crippen molar-refractivity contribution in [1.29, 1.82) is 0 Å². The lowest BCUT2D eigenvalue weighted by atomic mass is 9.27. The van der Waals surface area contributed by atoms with Gasteiger partial charge in [-0.3, -0.25) is 0 Å². The maximum Gasteiger partial charge on any atom is 0.227 e. The number of fused-ring (bicyclic) bond motifs is 5. The van der Waals surface area contributed by atoms with Crippen LogP contribution in [0.2, 0.25) is 0 Å². The second kappa shape index (κ2) is 10.6. The van der Waals surface area contributed by atoms with Gasteiger partial charge in [-0.1, -0.05) is 126 Å². The minimum atomic E-state index is -0.267. The Morgan fingerprint density at radius 1 is 0.844 bits per heavy atom. The Hall–Kier alpha value is -4.50. The van der Waals surface area contributed by atoms with E-state index in [1.165, 1.54) is 56.0 Å². The molecule has 0 amide bonds. The van der Waals surface area contributed by atoms with Crippen molar-refractivity contribution in [3.8, 4) is 0 Å². The Balaban J connectivity index is 1.63. The summed E-state index contributed by atoms with van der Waals surface area (Å²) in [5, 5.41) is 0. The first-order valence-electron chi connectivity index (χ1n) is 16.3. The lowest BCUT2D eigenvalue weighted by molar-refractivity contribution is 0.426.